The molecule has 0 aliphatic rings. The number of hydrogen-bond donors (Lipinski definition) is 0. The van der Waals surface area contributed by atoms with Gasteiger partial charge in [-0.25, -0.2) is 14.3 Å². The molecule has 4 heterocycles. The van der Waals surface area contributed by atoms with Crippen molar-refractivity contribution in [3.63, 3.8) is 0 Å². The lowest BCUT2D eigenvalue weighted by Gasteiger charge is -2.16. The number of anilines is 3. The summed E-state index contributed by atoms with van der Waals surface area (Å²) in [6.07, 6.45) is 9.61. The van der Waals surface area contributed by atoms with Crippen molar-refractivity contribution in [3.8, 4) is 11.4 Å². The Labute approximate surface area is 164 Å². The van der Waals surface area contributed by atoms with Crippen molar-refractivity contribution in [2.75, 3.05) is 4.90 Å². The molecule has 0 spiro atoms. The SMILES string of the molecule is c1ccc(N(c2ncn(-c3ccnnc3)n2)c2ncn(-c3ccnnc3)n2)cc1. The third kappa shape index (κ3) is 3.27. The van der Waals surface area contributed by atoms with Crippen LogP contribution in [0.1, 0.15) is 0 Å². The van der Waals surface area contributed by atoms with Crippen LogP contribution in [0.15, 0.2) is 79.9 Å². The van der Waals surface area contributed by atoms with Crippen LogP contribution in [0.2, 0.25) is 0 Å². The van der Waals surface area contributed by atoms with E-state index in [1.54, 1.807) is 63.8 Å². The summed E-state index contributed by atoms with van der Waals surface area (Å²) in [4.78, 5) is 10.7. The first-order valence-corrected chi connectivity index (χ1v) is 8.61. The standard InChI is InChI=1S/C18H13N11/c1-2-4-14(5-3-1)29(17-19-12-27(25-17)15-6-8-21-23-10-15)18-20-13-28(26-18)16-7-9-22-24-11-16/h1-13H. The monoisotopic (exact) mass is 383 g/mol. The number of benzene rings is 1. The van der Waals surface area contributed by atoms with Gasteiger partial charge < -0.3 is 0 Å². The first-order chi connectivity index (χ1) is 14.4. The van der Waals surface area contributed by atoms with E-state index in [1.807, 2.05) is 30.3 Å². The molecule has 11 heteroatoms. The number of aromatic nitrogens is 10. The molecule has 0 aliphatic heterocycles. The summed E-state index contributed by atoms with van der Waals surface area (Å²) in [5.41, 5.74) is 2.31. The fraction of sp³-hybridized carbons (Fsp3) is 0. The minimum absolute atomic E-state index is 0.415. The summed E-state index contributed by atoms with van der Waals surface area (Å²) in [5, 5.41) is 24.5. The first-order valence-electron chi connectivity index (χ1n) is 8.61. The molecule has 0 N–H and O–H groups in total. The van der Waals surface area contributed by atoms with E-state index in [1.165, 1.54) is 0 Å². The Morgan fingerprint density at radius 1 is 0.621 bits per heavy atom. The van der Waals surface area contributed by atoms with Crippen LogP contribution in [0, 0.1) is 0 Å². The number of rotatable bonds is 5. The van der Waals surface area contributed by atoms with Crippen LogP contribution in [0.4, 0.5) is 17.6 Å². The first kappa shape index (κ1) is 16.6. The van der Waals surface area contributed by atoms with E-state index in [4.69, 9.17) is 0 Å². The predicted molar refractivity (Wildman–Crippen MR) is 102 cm³/mol. The fourth-order valence-corrected chi connectivity index (χ4v) is 2.70. The van der Waals surface area contributed by atoms with Gasteiger partial charge in [0.05, 0.1) is 41.8 Å². The lowest BCUT2D eigenvalue weighted by atomic mass is 10.3. The summed E-state index contributed by atoms with van der Waals surface area (Å²) < 4.78 is 3.23. The highest BCUT2D eigenvalue weighted by atomic mass is 15.5. The molecule has 0 atom stereocenters. The van der Waals surface area contributed by atoms with E-state index in [0.717, 1.165) is 17.1 Å². The molecule has 11 nitrogen and oxygen atoms in total. The minimum atomic E-state index is 0.415. The van der Waals surface area contributed by atoms with Crippen molar-refractivity contribution in [2.45, 2.75) is 0 Å². The van der Waals surface area contributed by atoms with E-state index in [-0.39, 0.29) is 0 Å². The highest BCUT2D eigenvalue weighted by Crippen LogP contribution is 2.29. The van der Waals surface area contributed by atoms with Crippen molar-refractivity contribution >= 4 is 17.6 Å². The van der Waals surface area contributed by atoms with Crippen LogP contribution in [0.3, 0.4) is 0 Å². The summed E-state index contributed by atoms with van der Waals surface area (Å²) in [7, 11) is 0. The lowest BCUT2D eigenvalue weighted by molar-refractivity contribution is 0.841. The van der Waals surface area contributed by atoms with E-state index in [9.17, 15) is 0 Å². The Hall–Kier alpha value is -4.54. The molecule has 0 bridgehead atoms. The molecule has 0 aliphatic carbocycles. The van der Waals surface area contributed by atoms with Gasteiger partial charge >= 0.3 is 0 Å². The zero-order chi connectivity index (χ0) is 19.5. The molecular weight excluding hydrogens is 370 g/mol. The maximum atomic E-state index is 4.57. The average Bonchev–Trinajstić information content (AvgIpc) is 3.47. The maximum absolute atomic E-state index is 4.57. The van der Waals surface area contributed by atoms with Gasteiger partial charge in [-0.3, -0.25) is 0 Å². The van der Waals surface area contributed by atoms with E-state index in [0.29, 0.717) is 11.9 Å². The minimum Gasteiger partial charge on any atom is -0.244 e. The Morgan fingerprint density at radius 3 is 1.66 bits per heavy atom. The normalized spacial score (nSPS) is 10.8. The molecular formula is C18H13N11. The van der Waals surface area contributed by atoms with Gasteiger partial charge in [-0.2, -0.15) is 30.4 Å². The van der Waals surface area contributed by atoms with Gasteiger partial charge in [-0.15, -0.1) is 10.2 Å². The predicted octanol–water partition coefficient (Wildman–Crippen LogP) is 1.90. The Bertz CT molecular complexity index is 1120. The lowest BCUT2D eigenvalue weighted by Crippen LogP contribution is -2.14. The Balaban J connectivity index is 1.57. The second-order valence-electron chi connectivity index (χ2n) is 5.85. The fourth-order valence-electron chi connectivity index (χ4n) is 2.70. The average molecular weight is 383 g/mol. The second kappa shape index (κ2) is 7.23. The van der Waals surface area contributed by atoms with Crippen LogP contribution in [-0.2, 0) is 0 Å². The highest BCUT2D eigenvalue weighted by molar-refractivity contribution is 5.67. The van der Waals surface area contributed by atoms with Crippen molar-refractivity contribution in [1.29, 1.82) is 0 Å². The Kier molecular flexibility index (Phi) is 4.14. The van der Waals surface area contributed by atoms with Gasteiger partial charge in [-0.05, 0) is 24.3 Å². The summed E-state index contributed by atoms with van der Waals surface area (Å²) >= 11 is 0. The molecule has 29 heavy (non-hydrogen) atoms. The van der Waals surface area contributed by atoms with Crippen molar-refractivity contribution in [1.82, 2.24) is 49.9 Å². The molecule has 0 radical (unpaired) electrons. The summed E-state index contributed by atoms with van der Waals surface area (Å²) in [5.74, 6) is 0.831. The van der Waals surface area contributed by atoms with Crippen LogP contribution < -0.4 is 4.90 Å². The van der Waals surface area contributed by atoms with Gasteiger partial charge in [0.15, 0.2) is 0 Å². The molecule has 0 saturated carbocycles. The molecule has 1 aromatic carbocycles. The molecule has 0 unspecified atom stereocenters. The smallest absolute Gasteiger partial charge is 0.244 e. The zero-order valence-corrected chi connectivity index (χ0v) is 14.9. The second-order valence-corrected chi connectivity index (χ2v) is 5.85. The third-order valence-corrected chi connectivity index (χ3v) is 4.04. The number of nitrogens with zero attached hydrogens (tertiary/aromatic N) is 11. The molecule has 0 saturated heterocycles. The van der Waals surface area contributed by atoms with E-state index in [2.05, 4.69) is 40.6 Å². The van der Waals surface area contributed by atoms with Gasteiger partial charge in [0.2, 0.25) is 0 Å². The molecule has 140 valence electrons. The molecule has 4 aromatic heterocycles. The van der Waals surface area contributed by atoms with E-state index >= 15 is 0 Å². The van der Waals surface area contributed by atoms with Gasteiger partial charge in [0, 0.05) is 0 Å². The van der Waals surface area contributed by atoms with Gasteiger partial charge in [0.1, 0.15) is 12.7 Å². The third-order valence-electron chi connectivity index (χ3n) is 4.04. The molecule has 0 amide bonds. The summed E-state index contributed by atoms with van der Waals surface area (Å²) in [6.45, 7) is 0. The largest absolute Gasteiger partial charge is 0.256 e. The van der Waals surface area contributed by atoms with Crippen molar-refractivity contribution in [3.05, 3.63) is 79.9 Å². The molecule has 5 rings (SSSR count). The van der Waals surface area contributed by atoms with Crippen molar-refractivity contribution < 1.29 is 0 Å². The molecule has 5 aromatic rings. The van der Waals surface area contributed by atoms with E-state index < -0.39 is 0 Å². The Morgan fingerprint density at radius 2 is 1.17 bits per heavy atom. The maximum Gasteiger partial charge on any atom is 0.256 e. The van der Waals surface area contributed by atoms with Crippen molar-refractivity contribution in [2.24, 2.45) is 0 Å². The van der Waals surface area contributed by atoms with Crippen LogP contribution in [0.25, 0.3) is 11.4 Å². The van der Waals surface area contributed by atoms with Gasteiger partial charge in [-0.1, -0.05) is 18.2 Å². The number of para-hydroxylation sites is 1. The molecule has 0 fully saturated rings. The topological polar surface area (TPSA) is 116 Å². The summed E-state index contributed by atoms with van der Waals surface area (Å²) in [6, 6.07) is 13.2. The van der Waals surface area contributed by atoms with Crippen LogP contribution >= 0.6 is 0 Å². The number of hydrogen-bond acceptors (Lipinski definition) is 9. The zero-order valence-electron chi connectivity index (χ0n) is 14.9. The van der Waals surface area contributed by atoms with Crippen LogP contribution in [-0.4, -0.2) is 49.9 Å². The van der Waals surface area contributed by atoms with Crippen LogP contribution in [0.5, 0.6) is 0 Å². The quantitative estimate of drug-likeness (QED) is 0.448. The highest BCUT2D eigenvalue weighted by Gasteiger charge is 2.21. The van der Waals surface area contributed by atoms with Gasteiger partial charge in [0.25, 0.3) is 11.9 Å².